The van der Waals surface area contributed by atoms with Crippen LogP contribution in [0.5, 0.6) is 0 Å². The van der Waals surface area contributed by atoms with E-state index >= 15 is 0 Å². The van der Waals surface area contributed by atoms with Crippen molar-refractivity contribution in [1.82, 2.24) is 9.62 Å². The minimum atomic E-state index is -3.23. The van der Waals surface area contributed by atoms with Crippen LogP contribution >= 0.6 is 0 Å². The number of aryl methyl sites for hydroxylation is 1. The molecular formula is C18H30N2O3S. The van der Waals surface area contributed by atoms with E-state index in [4.69, 9.17) is 4.74 Å². The first-order valence-corrected chi connectivity index (χ1v) is 10.3. The molecule has 0 spiro atoms. The molecule has 1 fully saturated rings. The number of nitrogens with one attached hydrogen (secondary N) is 1. The van der Waals surface area contributed by atoms with Gasteiger partial charge in [0.2, 0.25) is 10.0 Å². The van der Waals surface area contributed by atoms with Gasteiger partial charge in [-0.3, -0.25) is 4.90 Å². The van der Waals surface area contributed by atoms with Crippen LogP contribution in [0, 0.1) is 0 Å². The molecule has 0 radical (unpaired) electrons. The molecule has 0 aromatic heterocycles. The monoisotopic (exact) mass is 354 g/mol. The molecule has 1 heterocycles. The van der Waals surface area contributed by atoms with Gasteiger partial charge in [0, 0.05) is 26.2 Å². The van der Waals surface area contributed by atoms with Crippen LogP contribution in [-0.2, 0) is 26.6 Å². The SMILES string of the molecule is CC(C)(C)c1ccc(CCS(=O)(=O)NCCN2CCOCC2)cc1. The van der Waals surface area contributed by atoms with E-state index in [1.54, 1.807) is 0 Å². The molecule has 1 saturated heterocycles. The number of rotatable bonds is 7. The van der Waals surface area contributed by atoms with E-state index in [-0.39, 0.29) is 11.2 Å². The Bertz CT molecular complexity index is 600. The molecule has 0 atom stereocenters. The van der Waals surface area contributed by atoms with E-state index in [0.717, 1.165) is 38.4 Å². The van der Waals surface area contributed by atoms with Crippen molar-refractivity contribution in [3.63, 3.8) is 0 Å². The van der Waals surface area contributed by atoms with Gasteiger partial charge in [0.25, 0.3) is 0 Å². The Balaban J connectivity index is 1.75. The van der Waals surface area contributed by atoms with Crippen molar-refractivity contribution in [3.8, 4) is 0 Å². The summed E-state index contributed by atoms with van der Waals surface area (Å²) >= 11 is 0. The van der Waals surface area contributed by atoms with Gasteiger partial charge in [-0.05, 0) is 23.0 Å². The second-order valence-electron chi connectivity index (χ2n) is 7.36. The molecule has 0 unspecified atom stereocenters. The molecule has 0 bridgehead atoms. The molecule has 1 N–H and O–H groups in total. The maximum absolute atomic E-state index is 12.1. The highest BCUT2D eigenvalue weighted by molar-refractivity contribution is 7.89. The van der Waals surface area contributed by atoms with Gasteiger partial charge in [0.05, 0.1) is 19.0 Å². The lowest BCUT2D eigenvalue weighted by molar-refractivity contribution is 0.0390. The van der Waals surface area contributed by atoms with Crippen molar-refractivity contribution >= 4 is 10.0 Å². The van der Waals surface area contributed by atoms with Crippen molar-refractivity contribution in [2.75, 3.05) is 45.1 Å². The van der Waals surface area contributed by atoms with Gasteiger partial charge in [0.1, 0.15) is 0 Å². The molecule has 0 amide bonds. The van der Waals surface area contributed by atoms with Crippen molar-refractivity contribution in [1.29, 1.82) is 0 Å². The summed E-state index contributed by atoms with van der Waals surface area (Å²) in [5, 5.41) is 0. The summed E-state index contributed by atoms with van der Waals surface area (Å²) in [5.41, 5.74) is 2.44. The van der Waals surface area contributed by atoms with Crippen molar-refractivity contribution in [2.24, 2.45) is 0 Å². The Morgan fingerprint density at radius 3 is 2.33 bits per heavy atom. The van der Waals surface area contributed by atoms with Crippen LogP contribution in [-0.4, -0.2) is 58.5 Å². The Morgan fingerprint density at radius 1 is 1.12 bits per heavy atom. The Labute approximate surface area is 146 Å². The highest BCUT2D eigenvalue weighted by Crippen LogP contribution is 2.22. The van der Waals surface area contributed by atoms with E-state index < -0.39 is 10.0 Å². The smallest absolute Gasteiger partial charge is 0.211 e. The lowest BCUT2D eigenvalue weighted by Crippen LogP contribution is -2.41. The van der Waals surface area contributed by atoms with Crippen molar-refractivity contribution in [2.45, 2.75) is 32.6 Å². The zero-order valence-corrected chi connectivity index (χ0v) is 15.9. The maximum atomic E-state index is 12.1. The van der Waals surface area contributed by atoms with E-state index in [9.17, 15) is 8.42 Å². The summed E-state index contributed by atoms with van der Waals surface area (Å²) in [4.78, 5) is 2.22. The van der Waals surface area contributed by atoms with Crippen LogP contribution in [0.25, 0.3) is 0 Å². The largest absolute Gasteiger partial charge is 0.379 e. The molecule has 1 aliphatic heterocycles. The third kappa shape index (κ3) is 6.51. The second-order valence-corrected chi connectivity index (χ2v) is 9.29. The fourth-order valence-corrected chi connectivity index (χ4v) is 3.73. The first kappa shape index (κ1) is 19.4. The quantitative estimate of drug-likeness (QED) is 0.811. The Kier molecular flexibility index (Phi) is 6.80. The minimum absolute atomic E-state index is 0.117. The van der Waals surface area contributed by atoms with Crippen LogP contribution in [0.15, 0.2) is 24.3 Å². The van der Waals surface area contributed by atoms with Crippen molar-refractivity contribution < 1.29 is 13.2 Å². The number of sulfonamides is 1. The molecule has 5 nitrogen and oxygen atoms in total. The summed E-state index contributed by atoms with van der Waals surface area (Å²) in [6.45, 7) is 10.9. The Hall–Kier alpha value is -0.950. The summed E-state index contributed by atoms with van der Waals surface area (Å²) in [5.74, 6) is 0.130. The van der Waals surface area contributed by atoms with Gasteiger partial charge >= 0.3 is 0 Å². The number of nitrogens with zero attached hydrogens (tertiary/aromatic N) is 1. The summed E-state index contributed by atoms with van der Waals surface area (Å²) < 4.78 is 32.2. The van der Waals surface area contributed by atoms with Gasteiger partial charge < -0.3 is 4.74 Å². The summed E-state index contributed by atoms with van der Waals surface area (Å²) in [6, 6.07) is 8.25. The maximum Gasteiger partial charge on any atom is 0.211 e. The van der Waals surface area contributed by atoms with Crippen LogP contribution in [0.3, 0.4) is 0 Å². The predicted octanol–water partition coefficient (Wildman–Crippen LogP) is 1.78. The van der Waals surface area contributed by atoms with E-state index in [1.807, 2.05) is 12.1 Å². The topological polar surface area (TPSA) is 58.6 Å². The second kappa shape index (κ2) is 8.43. The number of benzene rings is 1. The summed E-state index contributed by atoms with van der Waals surface area (Å²) in [6.07, 6.45) is 0.539. The predicted molar refractivity (Wildman–Crippen MR) is 97.9 cm³/mol. The normalized spacial score (nSPS) is 17.1. The average Bonchev–Trinajstić information content (AvgIpc) is 2.53. The van der Waals surface area contributed by atoms with E-state index in [2.05, 4.69) is 42.5 Å². The first-order valence-electron chi connectivity index (χ1n) is 8.63. The number of hydrogen-bond acceptors (Lipinski definition) is 4. The molecule has 24 heavy (non-hydrogen) atoms. The van der Waals surface area contributed by atoms with E-state index in [0.29, 0.717) is 13.0 Å². The first-order chi connectivity index (χ1) is 11.3. The molecule has 1 aromatic carbocycles. The number of morpholine rings is 1. The molecule has 1 aliphatic rings. The average molecular weight is 355 g/mol. The molecule has 136 valence electrons. The van der Waals surface area contributed by atoms with Gasteiger partial charge in [-0.1, -0.05) is 45.0 Å². The third-order valence-corrected chi connectivity index (χ3v) is 5.72. The zero-order valence-electron chi connectivity index (χ0n) is 15.0. The molecule has 1 aromatic rings. The third-order valence-electron chi connectivity index (χ3n) is 4.33. The van der Waals surface area contributed by atoms with Gasteiger partial charge in [-0.15, -0.1) is 0 Å². The Morgan fingerprint density at radius 2 is 1.75 bits per heavy atom. The van der Waals surface area contributed by atoms with E-state index in [1.165, 1.54) is 5.56 Å². The molecule has 0 saturated carbocycles. The van der Waals surface area contributed by atoms with Crippen molar-refractivity contribution in [3.05, 3.63) is 35.4 Å². The van der Waals surface area contributed by atoms with Crippen LogP contribution in [0.1, 0.15) is 31.9 Å². The lowest BCUT2D eigenvalue weighted by Gasteiger charge is -2.26. The van der Waals surface area contributed by atoms with Crippen LogP contribution < -0.4 is 4.72 Å². The highest BCUT2D eigenvalue weighted by atomic mass is 32.2. The highest BCUT2D eigenvalue weighted by Gasteiger charge is 2.15. The van der Waals surface area contributed by atoms with Crippen LogP contribution in [0.4, 0.5) is 0 Å². The lowest BCUT2D eigenvalue weighted by atomic mass is 9.86. The number of hydrogen-bond donors (Lipinski definition) is 1. The summed E-state index contributed by atoms with van der Waals surface area (Å²) in [7, 11) is -3.23. The molecular weight excluding hydrogens is 324 g/mol. The fraction of sp³-hybridized carbons (Fsp3) is 0.667. The zero-order chi connectivity index (χ0) is 17.6. The number of ether oxygens (including phenoxy) is 1. The molecule has 6 heteroatoms. The van der Waals surface area contributed by atoms with Crippen LogP contribution in [0.2, 0.25) is 0 Å². The van der Waals surface area contributed by atoms with Gasteiger partial charge in [-0.2, -0.15) is 0 Å². The van der Waals surface area contributed by atoms with Gasteiger partial charge in [-0.25, -0.2) is 13.1 Å². The standard InChI is InChI=1S/C18H30N2O3S/c1-18(2,3)17-6-4-16(5-7-17)8-15-24(21,22)19-9-10-20-11-13-23-14-12-20/h4-7,19H,8-15H2,1-3H3. The van der Waals surface area contributed by atoms with Gasteiger partial charge in [0.15, 0.2) is 0 Å². The molecule has 0 aliphatic carbocycles. The fourth-order valence-electron chi connectivity index (χ4n) is 2.68. The molecule has 2 rings (SSSR count). The minimum Gasteiger partial charge on any atom is -0.379 e.